The molecule has 2 saturated carbocycles. The van der Waals surface area contributed by atoms with E-state index in [0.29, 0.717) is 17.6 Å². The molecule has 2 aliphatic rings. The topological polar surface area (TPSA) is 24.5 Å². The maximum absolute atomic E-state index is 5.95. The molecule has 0 saturated heterocycles. The highest BCUT2D eigenvalue weighted by atomic mass is 16.5. The van der Waals surface area contributed by atoms with Crippen molar-refractivity contribution >= 4 is 5.69 Å². The number of anilines is 1. The van der Waals surface area contributed by atoms with Crippen molar-refractivity contribution in [3.8, 4) is 0 Å². The molecule has 2 aliphatic carbocycles. The van der Waals surface area contributed by atoms with Gasteiger partial charge in [-0.3, -0.25) is 0 Å². The van der Waals surface area contributed by atoms with Crippen LogP contribution in [0.25, 0.3) is 0 Å². The number of rotatable bonds is 6. The minimum absolute atomic E-state index is 0.418. The zero-order valence-electron chi connectivity index (χ0n) is 13.6. The summed E-state index contributed by atoms with van der Waals surface area (Å²) in [6.45, 7) is 3.94. The van der Waals surface area contributed by atoms with Crippen LogP contribution in [-0.4, -0.2) is 37.7 Å². The average Bonchev–Trinajstić information content (AvgIpc) is 2.36. The maximum atomic E-state index is 5.95. The summed E-state index contributed by atoms with van der Waals surface area (Å²) in [5, 5.41) is 3.83. The number of ether oxygens (including phenoxy) is 1. The standard InChI is InChI=1S/C18H28N2O/c1-4-21-17-12-16(18(17)10-7-11-18)19-15-9-6-5-8-14(15)13-20(2)3/h5-6,8-9,16-17,19H,4,7,10-13H2,1-3H3. The summed E-state index contributed by atoms with van der Waals surface area (Å²) in [7, 11) is 4.25. The van der Waals surface area contributed by atoms with Crippen LogP contribution in [0.3, 0.4) is 0 Å². The fourth-order valence-corrected chi connectivity index (χ4v) is 3.97. The minimum atomic E-state index is 0.418. The van der Waals surface area contributed by atoms with Gasteiger partial charge in [-0.15, -0.1) is 0 Å². The van der Waals surface area contributed by atoms with Crippen LogP contribution in [0.2, 0.25) is 0 Å². The molecule has 0 amide bonds. The normalized spacial score (nSPS) is 26.5. The largest absolute Gasteiger partial charge is 0.381 e. The van der Waals surface area contributed by atoms with Gasteiger partial charge >= 0.3 is 0 Å². The van der Waals surface area contributed by atoms with Gasteiger partial charge in [0.15, 0.2) is 0 Å². The molecule has 3 heteroatoms. The van der Waals surface area contributed by atoms with E-state index >= 15 is 0 Å². The van der Waals surface area contributed by atoms with Crippen LogP contribution in [0, 0.1) is 5.41 Å². The van der Waals surface area contributed by atoms with Gasteiger partial charge in [0.05, 0.1) is 6.10 Å². The SMILES string of the molecule is CCOC1CC(Nc2ccccc2CN(C)C)C12CCC2. The minimum Gasteiger partial charge on any atom is -0.381 e. The predicted molar refractivity (Wildman–Crippen MR) is 87.6 cm³/mol. The first-order valence-electron chi connectivity index (χ1n) is 8.26. The van der Waals surface area contributed by atoms with Gasteiger partial charge in [0.1, 0.15) is 0 Å². The molecule has 2 unspecified atom stereocenters. The molecule has 21 heavy (non-hydrogen) atoms. The third-order valence-electron chi connectivity index (χ3n) is 5.27. The average molecular weight is 288 g/mol. The quantitative estimate of drug-likeness (QED) is 0.867. The predicted octanol–water partition coefficient (Wildman–Crippen LogP) is 3.51. The summed E-state index contributed by atoms with van der Waals surface area (Å²) in [5.74, 6) is 0. The second-order valence-corrected chi connectivity index (χ2v) is 6.86. The fourth-order valence-electron chi connectivity index (χ4n) is 3.97. The Balaban J connectivity index is 1.70. The van der Waals surface area contributed by atoms with E-state index in [1.807, 2.05) is 0 Å². The van der Waals surface area contributed by atoms with Gasteiger partial charge in [-0.05, 0) is 51.9 Å². The molecule has 2 fully saturated rings. The number of nitrogens with one attached hydrogen (secondary N) is 1. The molecule has 1 aromatic carbocycles. The first-order valence-corrected chi connectivity index (χ1v) is 8.26. The van der Waals surface area contributed by atoms with E-state index in [-0.39, 0.29) is 0 Å². The van der Waals surface area contributed by atoms with Gasteiger partial charge in [-0.2, -0.15) is 0 Å². The third-order valence-corrected chi connectivity index (χ3v) is 5.27. The summed E-state index contributed by atoms with van der Waals surface area (Å²) >= 11 is 0. The van der Waals surface area contributed by atoms with Crippen molar-refractivity contribution < 1.29 is 4.74 Å². The molecule has 1 N–H and O–H groups in total. The summed E-state index contributed by atoms with van der Waals surface area (Å²) < 4.78 is 5.95. The summed E-state index contributed by atoms with van der Waals surface area (Å²) in [4.78, 5) is 2.23. The molecule has 1 spiro atoms. The number of hydrogen-bond donors (Lipinski definition) is 1. The van der Waals surface area contributed by atoms with Gasteiger partial charge < -0.3 is 15.0 Å². The van der Waals surface area contributed by atoms with E-state index in [0.717, 1.165) is 19.6 Å². The molecule has 0 aliphatic heterocycles. The van der Waals surface area contributed by atoms with Crippen LogP contribution in [-0.2, 0) is 11.3 Å². The molecule has 116 valence electrons. The molecule has 2 atom stereocenters. The van der Waals surface area contributed by atoms with Crippen LogP contribution < -0.4 is 5.32 Å². The Morgan fingerprint density at radius 1 is 1.29 bits per heavy atom. The van der Waals surface area contributed by atoms with Crippen molar-refractivity contribution in [2.75, 3.05) is 26.0 Å². The molecular weight excluding hydrogens is 260 g/mol. The zero-order valence-corrected chi connectivity index (χ0v) is 13.6. The Labute approximate surface area is 128 Å². The molecular formula is C18H28N2O. The highest BCUT2D eigenvalue weighted by Gasteiger charge is 2.58. The van der Waals surface area contributed by atoms with Crippen LogP contribution in [0.15, 0.2) is 24.3 Å². The fraction of sp³-hybridized carbons (Fsp3) is 0.667. The number of para-hydroxylation sites is 1. The van der Waals surface area contributed by atoms with E-state index < -0.39 is 0 Å². The Bertz CT molecular complexity index is 482. The number of benzene rings is 1. The Kier molecular flexibility index (Phi) is 4.23. The third kappa shape index (κ3) is 2.69. The van der Waals surface area contributed by atoms with Crippen LogP contribution in [0.1, 0.15) is 38.2 Å². The summed E-state index contributed by atoms with van der Waals surface area (Å²) in [6.07, 6.45) is 5.65. The van der Waals surface area contributed by atoms with Crippen molar-refractivity contribution in [2.24, 2.45) is 5.41 Å². The number of nitrogens with zero attached hydrogens (tertiary/aromatic N) is 1. The van der Waals surface area contributed by atoms with E-state index in [2.05, 4.69) is 55.5 Å². The van der Waals surface area contributed by atoms with E-state index in [4.69, 9.17) is 4.74 Å². The monoisotopic (exact) mass is 288 g/mol. The molecule has 0 radical (unpaired) electrons. The van der Waals surface area contributed by atoms with Crippen molar-refractivity contribution in [1.82, 2.24) is 4.90 Å². The van der Waals surface area contributed by atoms with Crippen LogP contribution in [0.4, 0.5) is 5.69 Å². The Morgan fingerprint density at radius 2 is 2.05 bits per heavy atom. The van der Waals surface area contributed by atoms with E-state index in [1.54, 1.807) is 0 Å². The first kappa shape index (κ1) is 14.9. The van der Waals surface area contributed by atoms with Gasteiger partial charge in [0.25, 0.3) is 0 Å². The van der Waals surface area contributed by atoms with E-state index in [1.165, 1.54) is 30.5 Å². The lowest BCUT2D eigenvalue weighted by Gasteiger charge is -2.61. The van der Waals surface area contributed by atoms with Gasteiger partial charge in [-0.25, -0.2) is 0 Å². The molecule has 0 bridgehead atoms. The number of hydrogen-bond acceptors (Lipinski definition) is 3. The van der Waals surface area contributed by atoms with Crippen molar-refractivity contribution in [1.29, 1.82) is 0 Å². The molecule has 3 nitrogen and oxygen atoms in total. The second kappa shape index (κ2) is 5.98. The second-order valence-electron chi connectivity index (χ2n) is 6.86. The highest BCUT2D eigenvalue weighted by molar-refractivity contribution is 5.53. The first-order chi connectivity index (χ1) is 10.2. The van der Waals surface area contributed by atoms with Gasteiger partial charge in [-0.1, -0.05) is 24.6 Å². The highest BCUT2D eigenvalue weighted by Crippen LogP contribution is 2.58. The van der Waals surface area contributed by atoms with Crippen molar-refractivity contribution in [3.63, 3.8) is 0 Å². The Hall–Kier alpha value is -1.06. The van der Waals surface area contributed by atoms with E-state index in [9.17, 15) is 0 Å². The molecule has 0 heterocycles. The maximum Gasteiger partial charge on any atom is 0.0670 e. The lowest BCUT2D eigenvalue weighted by molar-refractivity contribution is -0.157. The summed E-state index contributed by atoms with van der Waals surface area (Å²) in [6, 6.07) is 9.31. The lowest BCUT2D eigenvalue weighted by atomic mass is 9.51. The molecule has 1 aromatic rings. The smallest absolute Gasteiger partial charge is 0.0670 e. The molecule has 0 aromatic heterocycles. The van der Waals surface area contributed by atoms with Crippen molar-refractivity contribution in [2.45, 2.75) is 51.3 Å². The van der Waals surface area contributed by atoms with Crippen LogP contribution >= 0.6 is 0 Å². The Morgan fingerprint density at radius 3 is 2.67 bits per heavy atom. The molecule has 3 rings (SSSR count). The van der Waals surface area contributed by atoms with Crippen molar-refractivity contribution in [3.05, 3.63) is 29.8 Å². The van der Waals surface area contributed by atoms with Gasteiger partial charge in [0.2, 0.25) is 0 Å². The zero-order chi connectivity index (χ0) is 14.9. The lowest BCUT2D eigenvalue weighted by Crippen LogP contribution is -2.64. The van der Waals surface area contributed by atoms with Crippen LogP contribution in [0.5, 0.6) is 0 Å². The van der Waals surface area contributed by atoms with Gasteiger partial charge in [0, 0.05) is 30.3 Å². The summed E-state index contributed by atoms with van der Waals surface area (Å²) in [5.41, 5.74) is 3.11.